The SMILES string of the molecule is C[N+](C)(C)CCOC(=O)C=Cc1cccnn1.O=[N+]([O-])c1cc([N+](=O)[O-])c([O-])c([N+](=O)[O-])c1. The number of benzene rings is 1. The highest BCUT2D eigenvalue weighted by molar-refractivity contribution is 5.86. The second-order valence-electron chi connectivity index (χ2n) is 7.25. The predicted molar refractivity (Wildman–Crippen MR) is 111 cm³/mol. The van der Waals surface area contributed by atoms with Crippen LogP contribution in [0.3, 0.4) is 0 Å². The van der Waals surface area contributed by atoms with Gasteiger partial charge in [-0.1, -0.05) is 0 Å². The van der Waals surface area contributed by atoms with Crippen LogP contribution in [0.5, 0.6) is 5.75 Å². The van der Waals surface area contributed by atoms with Crippen LogP contribution >= 0.6 is 0 Å². The van der Waals surface area contributed by atoms with Crippen molar-refractivity contribution in [2.24, 2.45) is 0 Å². The average molecular weight is 464 g/mol. The maximum absolute atomic E-state index is 11.3. The number of nitro benzene ring substituents is 3. The Hall–Kier alpha value is -4.53. The van der Waals surface area contributed by atoms with E-state index >= 15 is 0 Å². The van der Waals surface area contributed by atoms with Crippen molar-refractivity contribution in [3.63, 3.8) is 0 Å². The minimum atomic E-state index is -1.46. The molecule has 0 fully saturated rings. The summed E-state index contributed by atoms with van der Waals surface area (Å²) in [5.41, 5.74) is -2.63. The van der Waals surface area contributed by atoms with Gasteiger partial charge in [0.2, 0.25) is 0 Å². The van der Waals surface area contributed by atoms with Gasteiger partial charge in [0, 0.05) is 12.3 Å². The van der Waals surface area contributed by atoms with Gasteiger partial charge in [-0.25, -0.2) is 4.79 Å². The molecule has 0 bridgehead atoms. The molecule has 0 saturated heterocycles. The molecule has 0 saturated carbocycles. The van der Waals surface area contributed by atoms with Gasteiger partial charge in [0.25, 0.3) is 17.1 Å². The van der Waals surface area contributed by atoms with E-state index in [4.69, 9.17) is 4.74 Å². The highest BCUT2D eigenvalue weighted by atomic mass is 16.6. The van der Waals surface area contributed by atoms with E-state index in [0.29, 0.717) is 24.4 Å². The first-order valence-corrected chi connectivity index (χ1v) is 9.03. The molecule has 0 aliphatic heterocycles. The number of ether oxygens (including phenoxy) is 1. The molecule has 0 amide bonds. The smallest absolute Gasteiger partial charge is 0.331 e. The molecule has 0 spiro atoms. The molecule has 1 aromatic heterocycles. The van der Waals surface area contributed by atoms with Gasteiger partial charge < -0.3 is 14.3 Å². The van der Waals surface area contributed by atoms with Gasteiger partial charge in [-0.3, -0.25) is 30.3 Å². The van der Waals surface area contributed by atoms with Crippen molar-refractivity contribution in [3.05, 3.63) is 72.6 Å². The van der Waals surface area contributed by atoms with E-state index in [0.717, 1.165) is 11.0 Å². The zero-order chi connectivity index (χ0) is 25.2. The summed E-state index contributed by atoms with van der Waals surface area (Å²) in [5.74, 6) is -1.82. The molecule has 2 rings (SSSR count). The number of aromatic nitrogens is 2. The van der Waals surface area contributed by atoms with E-state index in [1.54, 1.807) is 24.4 Å². The average Bonchev–Trinajstić information content (AvgIpc) is 2.72. The van der Waals surface area contributed by atoms with Gasteiger partial charge in [0.15, 0.2) is 0 Å². The van der Waals surface area contributed by atoms with E-state index in [1.807, 2.05) is 21.1 Å². The fraction of sp³-hybridized carbons (Fsp3) is 0.278. The van der Waals surface area contributed by atoms with Crippen LogP contribution in [0.4, 0.5) is 17.1 Å². The Balaban J connectivity index is 0.000000331. The topological polar surface area (TPSA) is 205 Å². The van der Waals surface area contributed by atoms with Crippen LogP contribution in [0, 0.1) is 30.3 Å². The molecule has 33 heavy (non-hydrogen) atoms. The molecule has 0 atom stereocenters. The lowest BCUT2D eigenvalue weighted by Gasteiger charge is -2.23. The van der Waals surface area contributed by atoms with Crippen LogP contribution in [-0.4, -0.2) is 69.7 Å². The number of likely N-dealkylation sites (N-methyl/N-ethyl adjacent to an activating group) is 1. The van der Waals surface area contributed by atoms with Crippen molar-refractivity contribution in [3.8, 4) is 5.75 Å². The number of nitrogens with zero attached hydrogens (tertiary/aromatic N) is 6. The van der Waals surface area contributed by atoms with Crippen LogP contribution < -0.4 is 5.11 Å². The van der Waals surface area contributed by atoms with Crippen molar-refractivity contribution in [1.82, 2.24) is 10.2 Å². The van der Waals surface area contributed by atoms with Crippen molar-refractivity contribution in [1.29, 1.82) is 0 Å². The first kappa shape index (κ1) is 26.5. The third-order valence-corrected chi connectivity index (χ3v) is 3.63. The highest BCUT2D eigenvalue weighted by Crippen LogP contribution is 2.36. The van der Waals surface area contributed by atoms with Gasteiger partial charge in [-0.2, -0.15) is 10.2 Å². The summed E-state index contributed by atoms with van der Waals surface area (Å²) in [6.45, 7) is 1.19. The van der Waals surface area contributed by atoms with Crippen LogP contribution in [0.2, 0.25) is 0 Å². The molecule has 0 aliphatic rings. The highest BCUT2D eigenvalue weighted by Gasteiger charge is 2.24. The Bertz CT molecular complexity index is 1020. The Labute approximate surface area is 186 Å². The Kier molecular flexibility index (Phi) is 9.44. The van der Waals surface area contributed by atoms with Crippen molar-refractivity contribution < 1.29 is 33.9 Å². The van der Waals surface area contributed by atoms with E-state index in [1.165, 1.54) is 6.08 Å². The quantitative estimate of drug-likeness (QED) is 0.178. The molecule has 1 aromatic carbocycles. The molecule has 0 radical (unpaired) electrons. The van der Waals surface area contributed by atoms with Crippen molar-refractivity contribution in [2.75, 3.05) is 34.3 Å². The first-order valence-electron chi connectivity index (χ1n) is 9.03. The van der Waals surface area contributed by atoms with E-state index in [-0.39, 0.29) is 5.97 Å². The summed E-state index contributed by atoms with van der Waals surface area (Å²) in [7, 11) is 6.13. The Morgan fingerprint density at radius 2 is 1.64 bits per heavy atom. The number of nitro groups is 3. The van der Waals surface area contributed by atoms with Gasteiger partial charge in [-0.05, 0) is 18.2 Å². The lowest BCUT2D eigenvalue weighted by atomic mass is 10.2. The van der Waals surface area contributed by atoms with Gasteiger partial charge >= 0.3 is 5.97 Å². The number of carbonyl (C=O) groups excluding carboxylic acids is 1. The molecule has 15 nitrogen and oxygen atoms in total. The standard InChI is InChI=1S/C12H18N3O2.C6H3N3O7/c1-15(2,3)9-10-17-12(16)7-6-11-5-4-8-13-14-11;10-6-4(8(13)14)1-3(7(11)12)2-5(6)9(15)16/h4-8H,9-10H2,1-3H3;1-2,10H/q+1;/p-1. The summed E-state index contributed by atoms with van der Waals surface area (Å²) < 4.78 is 5.82. The Morgan fingerprint density at radius 3 is 2.06 bits per heavy atom. The molecule has 0 N–H and O–H groups in total. The van der Waals surface area contributed by atoms with E-state index < -0.39 is 37.6 Å². The predicted octanol–water partition coefficient (Wildman–Crippen LogP) is 1.22. The number of hydrogen-bond donors (Lipinski definition) is 0. The normalized spacial score (nSPS) is 10.8. The minimum Gasteiger partial charge on any atom is -0.863 e. The Morgan fingerprint density at radius 1 is 1.06 bits per heavy atom. The van der Waals surface area contributed by atoms with Crippen LogP contribution in [-0.2, 0) is 9.53 Å². The molecule has 176 valence electrons. The lowest BCUT2D eigenvalue weighted by Crippen LogP contribution is -2.37. The second kappa shape index (κ2) is 11.8. The summed E-state index contributed by atoms with van der Waals surface area (Å²) in [6.07, 6.45) is 4.53. The van der Waals surface area contributed by atoms with Crippen LogP contribution in [0.15, 0.2) is 36.5 Å². The number of esters is 1. The van der Waals surface area contributed by atoms with Gasteiger partial charge in [-0.15, -0.1) is 0 Å². The maximum Gasteiger partial charge on any atom is 0.331 e. The lowest BCUT2D eigenvalue weighted by molar-refractivity contribution is -0.870. The summed E-state index contributed by atoms with van der Waals surface area (Å²) in [5, 5.41) is 49.6. The molecule has 15 heteroatoms. The van der Waals surface area contributed by atoms with Crippen molar-refractivity contribution in [2.45, 2.75) is 0 Å². The van der Waals surface area contributed by atoms with Gasteiger partial charge in [0.1, 0.15) is 13.2 Å². The van der Waals surface area contributed by atoms with Crippen molar-refractivity contribution >= 4 is 29.1 Å². The van der Waals surface area contributed by atoms with E-state index in [9.17, 15) is 40.2 Å². The zero-order valence-corrected chi connectivity index (χ0v) is 17.8. The first-order chi connectivity index (χ1) is 15.3. The number of rotatable bonds is 8. The second-order valence-corrected chi connectivity index (χ2v) is 7.25. The maximum atomic E-state index is 11.3. The number of carbonyl (C=O) groups is 1. The van der Waals surface area contributed by atoms with Crippen LogP contribution in [0.25, 0.3) is 6.08 Å². The molecule has 1 heterocycles. The fourth-order valence-electron chi connectivity index (χ4n) is 1.98. The summed E-state index contributed by atoms with van der Waals surface area (Å²) in [4.78, 5) is 38.9. The largest absolute Gasteiger partial charge is 0.863 e. The number of non-ortho nitro benzene ring substituents is 1. The number of hydrogen-bond acceptors (Lipinski definition) is 11. The molecule has 0 unspecified atom stereocenters. The molecule has 2 aromatic rings. The van der Waals surface area contributed by atoms with Crippen LogP contribution in [0.1, 0.15) is 5.69 Å². The summed E-state index contributed by atoms with van der Waals surface area (Å²) >= 11 is 0. The third kappa shape index (κ3) is 9.43. The van der Waals surface area contributed by atoms with Gasteiger partial charge in [0.05, 0.1) is 59.5 Å². The van der Waals surface area contributed by atoms with E-state index in [2.05, 4.69) is 10.2 Å². The fourth-order valence-corrected chi connectivity index (χ4v) is 1.98. The zero-order valence-electron chi connectivity index (χ0n) is 17.8. The third-order valence-electron chi connectivity index (χ3n) is 3.63. The summed E-state index contributed by atoms with van der Waals surface area (Å²) in [6, 6.07) is 4.29. The monoisotopic (exact) mass is 464 g/mol. The molecular formula is C18H20N6O9. The minimum absolute atomic E-state index is 0.357. The molecular weight excluding hydrogens is 444 g/mol. The molecule has 0 aliphatic carbocycles. The number of quaternary nitrogens is 1.